The maximum absolute atomic E-state index is 2.37. The van der Waals surface area contributed by atoms with Crippen molar-refractivity contribution in [1.29, 1.82) is 0 Å². The van der Waals surface area contributed by atoms with Gasteiger partial charge in [0.25, 0.3) is 0 Å². The third-order valence-electron chi connectivity index (χ3n) is 10.3. The molecule has 1 aliphatic carbocycles. The highest BCUT2D eigenvalue weighted by Gasteiger charge is 2.35. The molecule has 0 aliphatic heterocycles. The first-order valence-corrected chi connectivity index (χ1v) is 17.6. The van der Waals surface area contributed by atoms with Gasteiger partial charge in [0.05, 0.1) is 0 Å². The van der Waals surface area contributed by atoms with Crippen molar-refractivity contribution in [3.63, 3.8) is 0 Å². The van der Waals surface area contributed by atoms with Gasteiger partial charge in [-0.15, -0.1) is 0 Å². The zero-order valence-corrected chi connectivity index (χ0v) is 28.8. The largest absolute Gasteiger partial charge is 0.428 e. The molecule has 3 heteroatoms. The summed E-state index contributed by atoms with van der Waals surface area (Å²) in [7, 11) is 0. The molecule has 0 spiro atoms. The lowest BCUT2D eigenvalue weighted by atomic mass is 9.82. The highest BCUT2D eigenvalue weighted by atomic mass is 15.2. The maximum Gasteiger partial charge on any atom is 0.428 e. The molecule has 1 aliphatic rings. The van der Waals surface area contributed by atoms with Gasteiger partial charge in [-0.2, -0.15) is 0 Å². The maximum atomic E-state index is 2.37. The fraction of sp³-hybridized carbons (Fsp3) is 0.0625. The van der Waals surface area contributed by atoms with E-state index in [0.717, 1.165) is 17.1 Å². The third-order valence-corrected chi connectivity index (χ3v) is 10.3. The van der Waals surface area contributed by atoms with Crippen LogP contribution in [-0.2, 0) is 5.41 Å². The average molecular weight is 657 g/mol. The van der Waals surface area contributed by atoms with Crippen LogP contribution in [0.2, 0.25) is 0 Å². The number of hydrogen-bond acceptors (Lipinski definition) is 0. The molecule has 0 saturated heterocycles. The van der Waals surface area contributed by atoms with Crippen LogP contribution in [0.25, 0.3) is 61.6 Å². The second-order valence-corrected chi connectivity index (χ2v) is 13.9. The van der Waals surface area contributed by atoms with Gasteiger partial charge in [0.15, 0.2) is 0 Å². The normalized spacial score (nSPS) is 12.7. The van der Waals surface area contributed by atoms with Crippen molar-refractivity contribution in [2.75, 3.05) is 0 Å². The van der Waals surface area contributed by atoms with E-state index in [1.807, 2.05) is 0 Å². The molecule has 8 aromatic rings. The van der Waals surface area contributed by atoms with Gasteiger partial charge in [0, 0.05) is 41.8 Å². The van der Waals surface area contributed by atoms with Crippen molar-refractivity contribution in [2.45, 2.75) is 19.3 Å². The molecule has 0 radical (unpaired) electrons. The summed E-state index contributed by atoms with van der Waals surface area (Å²) in [5.74, 6) is 0. The Morgan fingerprint density at radius 2 is 0.745 bits per heavy atom. The van der Waals surface area contributed by atoms with E-state index in [0.29, 0.717) is 0 Å². The lowest BCUT2D eigenvalue weighted by molar-refractivity contribution is -0.858. The number of fused-ring (bicyclic) bond motifs is 3. The van der Waals surface area contributed by atoms with Crippen LogP contribution in [0.3, 0.4) is 0 Å². The molecule has 0 N–H and O–H groups in total. The molecule has 9 rings (SSSR count). The van der Waals surface area contributed by atoms with Crippen molar-refractivity contribution < 1.29 is 13.7 Å². The van der Waals surface area contributed by atoms with E-state index >= 15 is 0 Å². The number of hydrogen-bond donors (Lipinski definition) is 0. The molecule has 1 aromatic heterocycles. The van der Waals surface area contributed by atoms with E-state index in [4.69, 9.17) is 0 Å². The van der Waals surface area contributed by atoms with Crippen molar-refractivity contribution >= 4 is 0 Å². The summed E-state index contributed by atoms with van der Waals surface area (Å²) in [4.78, 5) is 0. The van der Waals surface area contributed by atoms with E-state index < -0.39 is 0 Å². The summed E-state index contributed by atoms with van der Waals surface area (Å²) >= 11 is 0. The van der Waals surface area contributed by atoms with Gasteiger partial charge < -0.3 is 0 Å². The summed E-state index contributed by atoms with van der Waals surface area (Å²) in [6.07, 6.45) is 6.47. The Labute approximate surface area is 299 Å². The molecule has 3 nitrogen and oxygen atoms in total. The van der Waals surface area contributed by atoms with E-state index in [2.05, 4.69) is 222 Å². The fourth-order valence-corrected chi connectivity index (χ4v) is 7.57. The number of aromatic nitrogens is 3. The summed E-state index contributed by atoms with van der Waals surface area (Å²) in [6.45, 7) is 4.66. The molecule has 0 saturated carbocycles. The Balaban J connectivity index is 1.13. The molecular weight excluding hydrogens is 619 g/mol. The summed E-state index contributed by atoms with van der Waals surface area (Å²) < 4.78 is 6.61. The lowest BCUT2D eigenvalue weighted by Crippen LogP contribution is -2.55. The molecule has 0 unspecified atom stereocenters. The quantitative estimate of drug-likeness (QED) is 0.158. The summed E-state index contributed by atoms with van der Waals surface area (Å²) in [5, 5.41) is 0. The van der Waals surface area contributed by atoms with Gasteiger partial charge in [0.2, 0.25) is 17.1 Å². The minimum Gasteiger partial charge on any atom is -0.0622 e. The first kappa shape index (κ1) is 30.6. The van der Waals surface area contributed by atoms with Gasteiger partial charge in [0.1, 0.15) is 0 Å². The number of benzene rings is 7. The smallest absolute Gasteiger partial charge is 0.0622 e. The van der Waals surface area contributed by atoms with Crippen LogP contribution in [0.1, 0.15) is 25.0 Å². The summed E-state index contributed by atoms with van der Waals surface area (Å²) in [6, 6.07) is 63.3. The van der Waals surface area contributed by atoms with Crippen molar-refractivity contribution in [3.8, 4) is 61.6 Å². The van der Waals surface area contributed by atoms with Gasteiger partial charge in [-0.1, -0.05) is 149 Å². The predicted molar refractivity (Wildman–Crippen MR) is 205 cm³/mol. The Morgan fingerprint density at radius 1 is 0.314 bits per heavy atom. The lowest BCUT2D eigenvalue weighted by Gasteiger charge is -2.21. The fourth-order valence-electron chi connectivity index (χ4n) is 7.57. The zero-order chi connectivity index (χ0) is 34.4. The first-order chi connectivity index (χ1) is 25.0. The van der Waals surface area contributed by atoms with Crippen molar-refractivity contribution in [1.82, 2.24) is 0 Å². The molecule has 0 fully saturated rings. The van der Waals surface area contributed by atoms with Crippen LogP contribution in [0, 0.1) is 0 Å². The Hall–Kier alpha value is -6.45. The SMILES string of the molecule is CC1(C)c2ccccc2-c2cc(-c3ccc(-[n+]4c[n+](-c5cccc(-c6ccccc6)c5)c[n+](-c5cccc(-c6ccccc6)c5)c4)cc3)ccc21. The van der Waals surface area contributed by atoms with Crippen LogP contribution < -0.4 is 13.7 Å². The minimum absolute atomic E-state index is 0.00420. The zero-order valence-electron chi connectivity index (χ0n) is 28.8. The van der Waals surface area contributed by atoms with E-state index in [1.165, 1.54) is 55.6 Å². The van der Waals surface area contributed by atoms with Crippen molar-refractivity contribution in [2.24, 2.45) is 0 Å². The van der Waals surface area contributed by atoms with Gasteiger partial charge in [-0.3, -0.25) is 0 Å². The second-order valence-electron chi connectivity index (χ2n) is 13.9. The molecular formula is C48H38N3+3. The molecule has 0 bridgehead atoms. The minimum atomic E-state index is 0.00420. The molecule has 1 heterocycles. The van der Waals surface area contributed by atoms with Crippen molar-refractivity contribution in [3.05, 3.63) is 206 Å². The topological polar surface area (TPSA) is 11.6 Å². The van der Waals surface area contributed by atoms with Gasteiger partial charge >= 0.3 is 19.0 Å². The standard InChI is InChI=1S/C48H38N3/c1-48(2)46-22-10-9-21-44(46)45-31-40(25-28-47(45)48)37-23-26-41(27-24-37)49-32-50(42-19-11-17-38(29-42)35-13-5-3-6-14-35)34-51(33-49)43-20-12-18-39(30-43)36-15-7-4-8-16-36/h3-34H,1-2H3/q+3. The molecule has 0 amide bonds. The molecule has 0 atom stereocenters. The third kappa shape index (κ3) is 5.63. The number of nitrogens with zero attached hydrogens (tertiary/aromatic N) is 3. The van der Waals surface area contributed by atoms with Gasteiger partial charge in [-0.05, 0) is 73.8 Å². The Kier molecular flexibility index (Phi) is 7.48. The van der Waals surface area contributed by atoms with Crippen LogP contribution in [0.4, 0.5) is 0 Å². The predicted octanol–water partition coefficient (Wildman–Crippen LogP) is 9.82. The number of rotatable bonds is 6. The molecule has 51 heavy (non-hydrogen) atoms. The Morgan fingerprint density at radius 3 is 1.33 bits per heavy atom. The monoisotopic (exact) mass is 656 g/mol. The highest BCUT2D eigenvalue weighted by molar-refractivity contribution is 5.84. The van der Waals surface area contributed by atoms with E-state index in [9.17, 15) is 0 Å². The Bertz CT molecular complexity index is 2430. The summed E-state index contributed by atoms with van der Waals surface area (Å²) in [5.41, 5.74) is 15.9. The van der Waals surface area contributed by atoms with Crippen LogP contribution in [0.15, 0.2) is 195 Å². The average Bonchev–Trinajstić information content (AvgIpc) is 3.44. The molecule has 7 aromatic carbocycles. The van der Waals surface area contributed by atoms with Gasteiger partial charge in [-0.25, -0.2) is 0 Å². The van der Waals surface area contributed by atoms with E-state index in [-0.39, 0.29) is 5.41 Å². The van der Waals surface area contributed by atoms with E-state index in [1.54, 1.807) is 0 Å². The first-order valence-electron chi connectivity index (χ1n) is 17.6. The van der Waals surface area contributed by atoms with Crippen LogP contribution in [-0.4, -0.2) is 0 Å². The second kappa shape index (κ2) is 12.5. The highest BCUT2D eigenvalue weighted by Crippen LogP contribution is 2.49. The van der Waals surface area contributed by atoms with Crippen LogP contribution >= 0.6 is 0 Å². The molecule has 242 valence electrons. The van der Waals surface area contributed by atoms with Crippen LogP contribution in [0.5, 0.6) is 0 Å².